The van der Waals surface area contributed by atoms with Crippen molar-refractivity contribution >= 4 is 6.09 Å². The predicted molar refractivity (Wildman–Crippen MR) is 27.6 cm³/mol. The van der Waals surface area contributed by atoms with Gasteiger partial charge in [-0.05, 0) is 12.8 Å². The first kappa shape index (κ1) is 5.41. The van der Waals surface area contributed by atoms with Gasteiger partial charge in [-0.2, -0.15) is 0 Å². The van der Waals surface area contributed by atoms with E-state index in [0.717, 1.165) is 12.8 Å². The number of nitrogens with zero attached hydrogens (tertiary/aromatic N) is 1. The molecule has 3 nitrogen and oxygen atoms in total. The smallest absolute Gasteiger partial charge is 0.428 e. The van der Waals surface area contributed by atoms with Gasteiger partial charge in [0.25, 0.3) is 0 Å². The first-order valence-corrected chi connectivity index (χ1v) is 2.63. The van der Waals surface area contributed by atoms with E-state index in [2.05, 4.69) is 5.32 Å². The molecule has 0 atom stereocenters. The van der Waals surface area contributed by atoms with Crippen LogP contribution in [0.4, 0.5) is 4.79 Å². The fraction of sp³-hybridized carbons (Fsp3) is 0.800. The minimum atomic E-state index is -0.438. The molecule has 0 spiro atoms. The third-order valence-corrected chi connectivity index (χ3v) is 0.974. The summed E-state index contributed by atoms with van der Waals surface area (Å²) in [5.41, 5.74) is 0. The second-order valence-electron chi connectivity index (χ2n) is 1.81. The zero-order chi connectivity index (χ0) is 5.98. The molecule has 0 unspecified atom stereocenters. The lowest BCUT2D eigenvalue weighted by Gasteiger charge is -1.95. The number of hydrogen-bond acceptors (Lipinski definition) is 2. The molecule has 3 heteroatoms. The van der Waals surface area contributed by atoms with Gasteiger partial charge in [-0.15, -0.1) is 0 Å². The highest BCUT2D eigenvalue weighted by molar-refractivity contribution is 5.66. The number of ether oxygens (including phenoxy) is 1. The van der Waals surface area contributed by atoms with Crippen LogP contribution in [0.5, 0.6) is 0 Å². The van der Waals surface area contributed by atoms with Crippen molar-refractivity contribution in [2.45, 2.75) is 18.9 Å². The molecule has 0 saturated heterocycles. The van der Waals surface area contributed by atoms with Crippen LogP contribution in [-0.2, 0) is 4.74 Å². The van der Waals surface area contributed by atoms with E-state index in [1.807, 2.05) is 0 Å². The van der Waals surface area contributed by atoms with Gasteiger partial charge in [-0.1, -0.05) is 0 Å². The standard InChI is InChI=1S/C5H8NO2/c1-6-5(7)8-4-2-3-4/h4H,2-3H2,1H3. The Hall–Kier alpha value is -0.730. The van der Waals surface area contributed by atoms with Gasteiger partial charge >= 0.3 is 6.09 Å². The first-order valence-electron chi connectivity index (χ1n) is 2.63. The minimum Gasteiger partial charge on any atom is -0.445 e. The molecular formula is C5H8NO2. The van der Waals surface area contributed by atoms with Crippen LogP contribution >= 0.6 is 0 Å². The maximum Gasteiger partial charge on any atom is 0.428 e. The lowest BCUT2D eigenvalue weighted by Crippen LogP contribution is -2.13. The Bertz CT molecular complexity index is 98.6. The van der Waals surface area contributed by atoms with E-state index in [1.165, 1.54) is 7.05 Å². The third-order valence-electron chi connectivity index (χ3n) is 0.974. The largest absolute Gasteiger partial charge is 0.445 e. The highest BCUT2D eigenvalue weighted by Crippen LogP contribution is 2.23. The fourth-order valence-electron chi connectivity index (χ4n) is 0.381. The average Bonchev–Trinajstić information content (AvgIpc) is 2.50. The van der Waals surface area contributed by atoms with E-state index < -0.39 is 6.09 Å². The Morgan fingerprint density at radius 3 is 2.75 bits per heavy atom. The SMILES string of the molecule is C[N]C(=O)OC1CC1. The van der Waals surface area contributed by atoms with Crippen LogP contribution in [0.25, 0.3) is 0 Å². The lowest BCUT2D eigenvalue weighted by molar-refractivity contribution is 0.140. The molecule has 0 aliphatic heterocycles. The van der Waals surface area contributed by atoms with E-state index in [4.69, 9.17) is 4.74 Å². The third kappa shape index (κ3) is 1.40. The normalized spacial score (nSPS) is 17.6. The summed E-state index contributed by atoms with van der Waals surface area (Å²) in [5, 5.41) is 3.31. The molecule has 0 bridgehead atoms. The van der Waals surface area contributed by atoms with E-state index in [9.17, 15) is 4.79 Å². The monoisotopic (exact) mass is 114 g/mol. The van der Waals surface area contributed by atoms with Crippen LogP contribution in [-0.4, -0.2) is 19.2 Å². The average molecular weight is 114 g/mol. The summed E-state index contributed by atoms with van der Waals surface area (Å²) in [7, 11) is 1.44. The second-order valence-corrected chi connectivity index (χ2v) is 1.81. The zero-order valence-corrected chi connectivity index (χ0v) is 4.76. The van der Waals surface area contributed by atoms with E-state index in [0.29, 0.717) is 0 Å². The molecule has 1 rings (SSSR count). The first-order chi connectivity index (χ1) is 3.83. The van der Waals surface area contributed by atoms with E-state index in [-0.39, 0.29) is 6.10 Å². The number of carbonyl (C=O) groups is 1. The van der Waals surface area contributed by atoms with Gasteiger partial charge in [0, 0.05) is 7.05 Å². The number of carbonyl (C=O) groups excluding carboxylic acids is 1. The molecule has 0 heterocycles. The molecule has 1 radical (unpaired) electrons. The summed E-state index contributed by atoms with van der Waals surface area (Å²) in [6, 6.07) is 0. The number of rotatable bonds is 1. The van der Waals surface area contributed by atoms with Crippen molar-refractivity contribution in [2.75, 3.05) is 7.05 Å². The van der Waals surface area contributed by atoms with Crippen molar-refractivity contribution in [2.24, 2.45) is 0 Å². The molecular weight excluding hydrogens is 106 g/mol. The molecule has 1 aliphatic rings. The molecule has 1 saturated carbocycles. The minimum absolute atomic E-state index is 0.186. The summed E-state index contributed by atoms with van der Waals surface area (Å²) in [4.78, 5) is 10.3. The Morgan fingerprint density at radius 2 is 2.38 bits per heavy atom. The predicted octanol–water partition coefficient (Wildman–Crippen LogP) is 0.520. The van der Waals surface area contributed by atoms with E-state index >= 15 is 0 Å². The summed E-state index contributed by atoms with van der Waals surface area (Å²) < 4.78 is 4.70. The number of hydrogen-bond donors (Lipinski definition) is 0. The van der Waals surface area contributed by atoms with Crippen molar-refractivity contribution in [3.63, 3.8) is 0 Å². The topological polar surface area (TPSA) is 40.4 Å². The fourth-order valence-corrected chi connectivity index (χ4v) is 0.381. The van der Waals surface area contributed by atoms with Crippen LogP contribution in [0, 0.1) is 0 Å². The second kappa shape index (κ2) is 2.03. The van der Waals surface area contributed by atoms with E-state index in [1.54, 1.807) is 0 Å². The van der Waals surface area contributed by atoms with Gasteiger partial charge in [-0.25, -0.2) is 10.1 Å². The highest BCUT2D eigenvalue weighted by Gasteiger charge is 2.25. The Kier molecular flexibility index (Phi) is 1.37. The van der Waals surface area contributed by atoms with Gasteiger partial charge in [-0.3, -0.25) is 0 Å². The van der Waals surface area contributed by atoms with Gasteiger partial charge in [0.1, 0.15) is 6.10 Å². The van der Waals surface area contributed by atoms with Crippen molar-refractivity contribution in [1.29, 1.82) is 0 Å². The molecule has 0 aromatic rings. The molecule has 45 valence electrons. The van der Waals surface area contributed by atoms with Crippen LogP contribution in [0.1, 0.15) is 12.8 Å². The quantitative estimate of drug-likeness (QED) is 0.498. The molecule has 0 aromatic heterocycles. The summed E-state index contributed by atoms with van der Waals surface area (Å²) in [6.45, 7) is 0. The summed E-state index contributed by atoms with van der Waals surface area (Å²) >= 11 is 0. The maximum absolute atomic E-state index is 10.3. The molecule has 1 fully saturated rings. The maximum atomic E-state index is 10.3. The lowest BCUT2D eigenvalue weighted by atomic mass is 10.8. The highest BCUT2D eigenvalue weighted by atomic mass is 16.6. The Balaban J connectivity index is 2.07. The molecule has 8 heavy (non-hydrogen) atoms. The van der Waals surface area contributed by atoms with Gasteiger partial charge in [0.05, 0.1) is 0 Å². The van der Waals surface area contributed by atoms with Crippen LogP contribution in [0.15, 0.2) is 0 Å². The summed E-state index contributed by atoms with van der Waals surface area (Å²) in [5.74, 6) is 0. The van der Waals surface area contributed by atoms with Gasteiger partial charge in [0.15, 0.2) is 0 Å². The van der Waals surface area contributed by atoms with Crippen molar-refractivity contribution in [1.82, 2.24) is 5.32 Å². The van der Waals surface area contributed by atoms with Crippen molar-refractivity contribution < 1.29 is 9.53 Å². The van der Waals surface area contributed by atoms with Crippen molar-refractivity contribution in [3.8, 4) is 0 Å². The Morgan fingerprint density at radius 1 is 1.75 bits per heavy atom. The number of amides is 1. The van der Waals surface area contributed by atoms with Crippen LogP contribution < -0.4 is 5.32 Å². The summed E-state index contributed by atoms with van der Waals surface area (Å²) in [6.07, 6.45) is 1.78. The van der Waals surface area contributed by atoms with Crippen molar-refractivity contribution in [3.05, 3.63) is 0 Å². The Labute approximate surface area is 48.0 Å². The molecule has 1 aliphatic carbocycles. The molecule has 1 amide bonds. The molecule has 0 N–H and O–H groups in total. The van der Waals surface area contributed by atoms with Gasteiger partial charge in [0.2, 0.25) is 0 Å². The zero-order valence-electron chi connectivity index (χ0n) is 4.76. The molecule has 0 aromatic carbocycles. The van der Waals surface area contributed by atoms with Gasteiger partial charge < -0.3 is 4.74 Å². The van der Waals surface area contributed by atoms with Crippen LogP contribution in [0.3, 0.4) is 0 Å². The van der Waals surface area contributed by atoms with Crippen LogP contribution in [0.2, 0.25) is 0 Å².